The zero-order valence-electron chi connectivity index (χ0n) is 9.90. The van der Waals surface area contributed by atoms with Crippen molar-refractivity contribution < 1.29 is 4.42 Å². The number of nitrogens with one attached hydrogen (secondary N) is 1. The summed E-state index contributed by atoms with van der Waals surface area (Å²) < 4.78 is 5.46. The van der Waals surface area contributed by atoms with Crippen molar-refractivity contribution in [1.82, 2.24) is 10.4 Å². The lowest BCUT2D eigenvalue weighted by Crippen LogP contribution is -2.30. The quantitative estimate of drug-likeness (QED) is 0.550. The molecule has 5 nitrogen and oxygen atoms in total. The number of hydrazine groups is 1. The van der Waals surface area contributed by atoms with Gasteiger partial charge in [0.1, 0.15) is 17.6 Å². The van der Waals surface area contributed by atoms with Crippen LogP contribution in [0.1, 0.15) is 28.5 Å². The Labute approximate surface area is 99.8 Å². The molecule has 0 radical (unpaired) electrons. The van der Waals surface area contributed by atoms with Crippen LogP contribution in [0.2, 0.25) is 0 Å². The standard InChI is InChI=1S/C12H16N4O/c1-7-3-5-15-12(13)9(7)10(16-14)11-8(2)4-6-17-11/h3-6,10,16H,14H2,1-2H3,(H2,13,15). The molecule has 0 aliphatic rings. The number of nitrogen functional groups attached to an aromatic ring is 1. The third-order valence-corrected chi connectivity index (χ3v) is 2.86. The van der Waals surface area contributed by atoms with E-state index in [1.165, 1.54) is 0 Å². The zero-order chi connectivity index (χ0) is 12.4. The number of aryl methyl sites for hydroxylation is 2. The molecular formula is C12H16N4O. The van der Waals surface area contributed by atoms with Gasteiger partial charge in [0, 0.05) is 11.8 Å². The molecule has 0 saturated carbocycles. The lowest BCUT2D eigenvalue weighted by Gasteiger charge is -2.18. The monoisotopic (exact) mass is 232 g/mol. The van der Waals surface area contributed by atoms with Gasteiger partial charge in [-0.05, 0) is 37.1 Å². The molecule has 5 N–H and O–H groups in total. The van der Waals surface area contributed by atoms with E-state index in [0.29, 0.717) is 5.82 Å². The first-order valence-corrected chi connectivity index (χ1v) is 5.36. The summed E-state index contributed by atoms with van der Waals surface area (Å²) in [6.45, 7) is 3.93. The molecule has 1 unspecified atom stereocenters. The van der Waals surface area contributed by atoms with E-state index in [0.717, 1.165) is 22.5 Å². The minimum Gasteiger partial charge on any atom is -0.467 e. The van der Waals surface area contributed by atoms with Gasteiger partial charge in [-0.1, -0.05) is 0 Å². The number of aromatic nitrogens is 1. The van der Waals surface area contributed by atoms with Gasteiger partial charge in [0.2, 0.25) is 0 Å². The summed E-state index contributed by atoms with van der Waals surface area (Å²) in [5.74, 6) is 6.83. The Morgan fingerprint density at radius 2 is 2.06 bits per heavy atom. The third-order valence-electron chi connectivity index (χ3n) is 2.86. The van der Waals surface area contributed by atoms with Crippen LogP contribution in [0.25, 0.3) is 0 Å². The fourth-order valence-corrected chi connectivity index (χ4v) is 1.94. The molecule has 0 amide bonds. The van der Waals surface area contributed by atoms with E-state index in [1.807, 2.05) is 26.0 Å². The fourth-order valence-electron chi connectivity index (χ4n) is 1.94. The fraction of sp³-hybridized carbons (Fsp3) is 0.250. The van der Waals surface area contributed by atoms with E-state index in [-0.39, 0.29) is 6.04 Å². The zero-order valence-corrected chi connectivity index (χ0v) is 9.90. The van der Waals surface area contributed by atoms with Crippen LogP contribution in [0.5, 0.6) is 0 Å². The first-order valence-electron chi connectivity index (χ1n) is 5.36. The number of furan rings is 1. The Morgan fingerprint density at radius 3 is 2.59 bits per heavy atom. The molecular weight excluding hydrogens is 216 g/mol. The van der Waals surface area contributed by atoms with Crippen molar-refractivity contribution in [1.29, 1.82) is 0 Å². The maximum atomic E-state index is 5.91. The average molecular weight is 232 g/mol. The highest BCUT2D eigenvalue weighted by molar-refractivity contribution is 5.49. The number of rotatable bonds is 3. The van der Waals surface area contributed by atoms with Gasteiger partial charge in [-0.15, -0.1) is 0 Å². The Morgan fingerprint density at radius 1 is 1.29 bits per heavy atom. The summed E-state index contributed by atoms with van der Waals surface area (Å²) in [6.07, 6.45) is 3.31. The van der Waals surface area contributed by atoms with Gasteiger partial charge in [0.15, 0.2) is 0 Å². The van der Waals surface area contributed by atoms with Crippen LogP contribution >= 0.6 is 0 Å². The third kappa shape index (κ3) is 2.02. The molecule has 0 fully saturated rings. The normalized spacial score (nSPS) is 12.6. The molecule has 2 aromatic rings. The topological polar surface area (TPSA) is 90.1 Å². The Bertz CT molecular complexity index is 501. The second kappa shape index (κ2) is 4.57. The second-order valence-corrected chi connectivity index (χ2v) is 3.99. The van der Waals surface area contributed by atoms with Gasteiger partial charge in [-0.3, -0.25) is 5.84 Å². The van der Waals surface area contributed by atoms with Crippen LogP contribution in [0.4, 0.5) is 5.82 Å². The second-order valence-electron chi connectivity index (χ2n) is 3.99. The summed E-state index contributed by atoms with van der Waals surface area (Å²) in [7, 11) is 0. The molecule has 2 rings (SSSR count). The minimum absolute atomic E-state index is 0.279. The number of hydrogen-bond acceptors (Lipinski definition) is 5. The predicted molar refractivity (Wildman–Crippen MR) is 66.0 cm³/mol. The van der Waals surface area contributed by atoms with Crippen molar-refractivity contribution in [2.24, 2.45) is 5.84 Å². The highest BCUT2D eigenvalue weighted by atomic mass is 16.3. The van der Waals surface area contributed by atoms with Crippen molar-refractivity contribution in [3.63, 3.8) is 0 Å². The Balaban J connectivity index is 2.53. The summed E-state index contributed by atoms with van der Waals surface area (Å²) in [5, 5.41) is 0. The van der Waals surface area contributed by atoms with E-state index < -0.39 is 0 Å². The number of pyridine rings is 1. The Hall–Kier alpha value is -1.85. The van der Waals surface area contributed by atoms with Crippen LogP contribution < -0.4 is 17.0 Å². The lowest BCUT2D eigenvalue weighted by molar-refractivity contribution is 0.448. The first kappa shape index (κ1) is 11.6. The molecule has 0 bridgehead atoms. The van der Waals surface area contributed by atoms with E-state index in [4.69, 9.17) is 16.0 Å². The molecule has 2 aromatic heterocycles. The van der Waals surface area contributed by atoms with Gasteiger partial charge in [-0.25, -0.2) is 10.4 Å². The smallest absolute Gasteiger partial charge is 0.129 e. The molecule has 0 aromatic carbocycles. The average Bonchev–Trinajstić information content (AvgIpc) is 2.70. The highest BCUT2D eigenvalue weighted by Gasteiger charge is 2.22. The van der Waals surface area contributed by atoms with E-state index >= 15 is 0 Å². The van der Waals surface area contributed by atoms with Crippen LogP contribution in [0, 0.1) is 13.8 Å². The number of nitrogens with zero attached hydrogens (tertiary/aromatic N) is 1. The van der Waals surface area contributed by atoms with Gasteiger partial charge in [-0.2, -0.15) is 0 Å². The number of anilines is 1. The number of nitrogens with two attached hydrogens (primary N) is 2. The van der Waals surface area contributed by atoms with Gasteiger partial charge in [0.05, 0.1) is 6.26 Å². The lowest BCUT2D eigenvalue weighted by atomic mass is 9.99. The summed E-state index contributed by atoms with van der Waals surface area (Å²) in [4.78, 5) is 4.09. The summed E-state index contributed by atoms with van der Waals surface area (Å²) >= 11 is 0. The summed E-state index contributed by atoms with van der Waals surface area (Å²) in [5.41, 5.74) is 11.5. The van der Waals surface area contributed by atoms with Gasteiger partial charge >= 0.3 is 0 Å². The molecule has 0 spiro atoms. The SMILES string of the molecule is Cc1ccoc1C(NN)c1c(C)ccnc1N. The molecule has 5 heteroatoms. The van der Waals surface area contributed by atoms with Crippen molar-refractivity contribution in [2.45, 2.75) is 19.9 Å². The van der Waals surface area contributed by atoms with Crippen LogP contribution in [0.15, 0.2) is 29.0 Å². The van der Waals surface area contributed by atoms with Crippen LogP contribution in [-0.4, -0.2) is 4.98 Å². The van der Waals surface area contributed by atoms with Crippen molar-refractivity contribution >= 4 is 5.82 Å². The molecule has 0 aliphatic heterocycles. The van der Waals surface area contributed by atoms with E-state index in [2.05, 4.69) is 10.4 Å². The van der Waals surface area contributed by atoms with E-state index in [9.17, 15) is 0 Å². The molecule has 0 aliphatic carbocycles. The van der Waals surface area contributed by atoms with Crippen molar-refractivity contribution in [3.8, 4) is 0 Å². The molecule has 0 saturated heterocycles. The largest absolute Gasteiger partial charge is 0.467 e. The summed E-state index contributed by atoms with van der Waals surface area (Å²) in [6, 6.07) is 3.51. The first-order chi connectivity index (χ1) is 8.15. The number of hydrogen-bond donors (Lipinski definition) is 3. The van der Waals surface area contributed by atoms with E-state index in [1.54, 1.807) is 12.5 Å². The van der Waals surface area contributed by atoms with Crippen molar-refractivity contribution in [2.75, 3.05) is 5.73 Å². The predicted octanol–water partition coefficient (Wildman–Crippen LogP) is 1.43. The minimum atomic E-state index is -0.279. The van der Waals surface area contributed by atoms with Crippen LogP contribution in [-0.2, 0) is 0 Å². The maximum absolute atomic E-state index is 5.91. The van der Waals surface area contributed by atoms with Crippen LogP contribution in [0.3, 0.4) is 0 Å². The highest BCUT2D eigenvalue weighted by Crippen LogP contribution is 2.29. The Kier molecular flexibility index (Phi) is 3.12. The maximum Gasteiger partial charge on any atom is 0.129 e. The molecule has 2 heterocycles. The van der Waals surface area contributed by atoms with Gasteiger partial charge in [0.25, 0.3) is 0 Å². The molecule has 17 heavy (non-hydrogen) atoms. The molecule has 1 atom stereocenters. The van der Waals surface area contributed by atoms with Crippen molar-refractivity contribution in [3.05, 3.63) is 47.0 Å². The molecule has 90 valence electrons. The van der Waals surface area contributed by atoms with Gasteiger partial charge < -0.3 is 10.2 Å².